The van der Waals surface area contributed by atoms with E-state index in [1.54, 1.807) is 0 Å². The molecule has 2 heteroatoms. The number of nitrogens with zero attached hydrogens (tertiary/aromatic N) is 1. The lowest BCUT2D eigenvalue weighted by Gasteiger charge is -2.31. The van der Waals surface area contributed by atoms with Crippen LogP contribution in [0.15, 0.2) is 0 Å². The van der Waals surface area contributed by atoms with Crippen LogP contribution in [0.5, 0.6) is 0 Å². The molecule has 0 aliphatic carbocycles. The molecule has 1 unspecified atom stereocenters. The minimum Gasteiger partial charge on any atom is -0.330 e. The van der Waals surface area contributed by atoms with Crippen molar-refractivity contribution >= 4 is 0 Å². The lowest BCUT2D eigenvalue weighted by Crippen LogP contribution is -2.27. The molecule has 98 valence electrons. The highest BCUT2D eigenvalue weighted by Crippen LogP contribution is 2.32. The molecule has 0 spiro atoms. The first-order valence-electron chi connectivity index (χ1n) is 6.88. The van der Waals surface area contributed by atoms with Crippen LogP contribution in [0, 0.1) is 11.3 Å². The number of hydrogen-bond donors (Lipinski definition) is 1. The molecule has 0 amide bonds. The molecule has 0 rings (SSSR count). The van der Waals surface area contributed by atoms with Gasteiger partial charge in [0.15, 0.2) is 0 Å². The summed E-state index contributed by atoms with van der Waals surface area (Å²) in [5.41, 5.74) is 6.10. The van der Waals surface area contributed by atoms with E-state index in [4.69, 9.17) is 5.73 Å². The van der Waals surface area contributed by atoms with Gasteiger partial charge >= 0.3 is 0 Å². The van der Waals surface area contributed by atoms with Crippen molar-refractivity contribution in [2.45, 2.75) is 53.9 Å². The van der Waals surface area contributed by atoms with Gasteiger partial charge in [-0.05, 0) is 56.8 Å². The molecule has 1 atom stereocenters. The Balaban J connectivity index is 3.93. The summed E-state index contributed by atoms with van der Waals surface area (Å²) in [5, 5.41) is 0. The molecule has 0 aromatic carbocycles. The lowest BCUT2D eigenvalue weighted by atomic mass is 9.76. The van der Waals surface area contributed by atoms with Gasteiger partial charge in [-0.25, -0.2) is 0 Å². The average molecular weight is 228 g/mol. The van der Waals surface area contributed by atoms with E-state index in [0.29, 0.717) is 5.41 Å². The highest BCUT2D eigenvalue weighted by molar-refractivity contribution is 4.74. The molecule has 0 radical (unpaired) electrons. The zero-order chi connectivity index (χ0) is 12.6. The minimum absolute atomic E-state index is 0.405. The summed E-state index contributed by atoms with van der Waals surface area (Å²) in [6.45, 7) is 15.9. The van der Waals surface area contributed by atoms with Crippen LogP contribution in [-0.4, -0.2) is 31.1 Å². The van der Waals surface area contributed by atoms with Crippen molar-refractivity contribution in [2.24, 2.45) is 17.1 Å². The number of rotatable bonds is 8. The quantitative estimate of drug-likeness (QED) is 0.691. The highest BCUT2D eigenvalue weighted by atomic mass is 15.1. The molecule has 0 saturated carbocycles. The topological polar surface area (TPSA) is 29.3 Å². The van der Waals surface area contributed by atoms with E-state index >= 15 is 0 Å². The van der Waals surface area contributed by atoms with Crippen LogP contribution in [0.25, 0.3) is 0 Å². The molecule has 16 heavy (non-hydrogen) atoms. The predicted molar refractivity (Wildman–Crippen MR) is 73.6 cm³/mol. The molecule has 0 aromatic rings. The van der Waals surface area contributed by atoms with Crippen molar-refractivity contribution in [3.05, 3.63) is 0 Å². The van der Waals surface area contributed by atoms with Crippen LogP contribution in [0.3, 0.4) is 0 Å². The third kappa shape index (κ3) is 6.49. The monoisotopic (exact) mass is 228 g/mol. The summed E-state index contributed by atoms with van der Waals surface area (Å²) < 4.78 is 0. The van der Waals surface area contributed by atoms with Crippen molar-refractivity contribution in [1.82, 2.24) is 4.90 Å². The molecule has 0 bridgehead atoms. The van der Waals surface area contributed by atoms with E-state index in [1.807, 2.05) is 0 Å². The first-order chi connectivity index (χ1) is 7.45. The molecule has 0 aliphatic rings. The fourth-order valence-electron chi connectivity index (χ4n) is 2.31. The Morgan fingerprint density at radius 2 is 1.62 bits per heavy atom. The van der Waals surface area contributed by atoms with Crippen LogP contribution in [0.1, 0.15) is 53.9 Å². The third-order valence-corrected chi connectivity index (χ3v) is 3.66. The Bertz CT molecular complexity index is 157. The zero-order valence-corrected chi connectivity index (χ0v) is 12.1. The highest BCUT2D eigenvalue weighted by Gasteiger charge is 2.23. The van der Waals surface area contributed by atoms with Gasteiger partial charge in [0.1, 0.15) is 0 Å². The molecule has 0 fully saturated rings. The minimum atomic E-state index is 0.405. The van der Waals surface area contributed by atoms with Crippen molar-refractivity contribution in [3.8, 4) is 0 Å². The molecule has 2 nitrogen and oxygen atoms in total. The van der Waals surface area contributed by atoms with Gasteiger partial charge in [-0.15, -0.1) is 0 Å². The molecule has 0 aromatic heterocycles. The van der Waals surface area contributed by atoms with E-state index in [0.717, 1.165) is 12.5 Å². The Hall–Kier alpha value is -0.0800. The van der Waals surface area contributed by atoms with Gasteiger partial charge < -0.3 is 10.6 Å². The Morgan fingerprint density at radius 3 is 2.00 bits per heavy atom. The Morgan fingerprint density at radius 1 is 1.06 bits per heavy atom. The van der Waals surface area contributed by atoms with Crippen LogP contribution in [-0.2, 0) is 0 Å². The molecule has 0 aliphatic heterocycles. The Labute approximate surface area is 103 Å². The van der Waals surface area contributed by atoms with Crippen LogP contribution < -0.4 is 5.73 Å². The maximum Gasteiger partial charge on any atom is -0.00189 e. The first kappa shape index (κ1) is 15.9. The molecule has 2 N–H and O–H groups in total. The molecular formula is C14H32N2. The maximum atomic E-state index is 5.70. The van der Waals surface area contributed by atoms with E-state index in [9.17, 15) is 0 Å². The predicted octanol–water partition coefficient (Wildman–Crippen LogP) is 3.12. The van der Waals surface area contributed by atoms with Crippen LogP contribution in [0.4, 0.5) is 0 Å². The largest absolute Gasteiger partial charge is 0.330 e. The lowest BCUT2D eigenvalue weighted by molar-refractivity contribution is 0.197. The van der Waals surface area contributed by atoms with Gasteiger partial charge in [0.2, 0.25) is 0 Å². The van der Waals surface area contributed by atoms with Crippen molar-refractivity contribution < 1.29 is 0 Å². The van der Waals surface area contributed by atoms with E-state index in [1.165, 1.54) is 38.9 Å². The molecule has 0 heterocycles. The van der Waals surface area contributed by atoms with Gasteiger partial charge in [-0.3, -0.25) is 0 Å². The number of hydrogen-bond acceptors (Lipinski definition) is 2. The van der Waals surface area contributed by atoms with Gasteiger partial charge in [0, 0.05) is 0 Å². The third-order valence-electron chi connectivity index (χ3n) is 3.66. The summed E-state index contributed by atoms with van der Waals surface area (Å²) in [4.78, 5) is 2.50. The molecular weight excluding hydrogens is 196 g/mol. The smallest absolute Gasteiger partial charge is 0.00189 e. The SMILES string of the molecule is CCN(CC)CCCC(CCN)C(C)(C)C. The average Bonchev–Trinajstić information content (AvgIpc) is 2.21. The fraction of sp³-hybridized carbons (Fsp3) is 1.00. The second-order valence-electron chi connectivity index (χ2n) is 5.81. The summed E-state index contributed by atoms with van der Waals surface area (Å²) in [6.07, 6.45) is 3.79. The standard InChI is InChI=1S/C14H32N2/c1-6-16(7-2)12-8-9-13(10-11-15)14(3,4)5/h13H,6-12,15H2,1-5H3. The van der Waals surface area contributed by atoms with Crippen LogP contribution >= 0.6 is 0 Å². The van der Waals surface area contributed by atoms with Gasteiger partial charge in [-0.2, -0.15) is 0 Å². The number of nitrogens with two attached hydrogens (primary N) is 1. The normalized spacial score (nSPS) is 14.4. The Kier molecular flexibility index (Phi) is 8.04. The first-order valence-corrected chi connectivity index (χ1v) is 6.88. The van der Waals surface area contributed by atoms with Gasteiger partial charge in [0.25, 0.3) is 0 Å². The fourth-order valence-corrected chi connectivity index (χ4v) is 2.31. The summed E-state index contributed by atoms with van der Waals surface area (Å²) in [5.74, 6) is 0.771. The second-order valence-corrected chi connectivity index (χ2v) is 5.81. The molecule has 0 saturated heterocycles. The summed E-state index contributed by atoms with van der Waals surface area (Å²) in [6, 6.07) is 0. The summed E-state index contributed by atoms with van der Waals surface area (Å²) in [7, 11) is 0. The van der Waals surface area contributed by atoms with E-state index in [-0.39, 0.29) is 0 Å². The summed E-state index contributed by atoms with van der Waals surface area (Å²) >= 11 is 0. The van der Waals surface area contributed by atoms with Crippen molar-refractivity contribution in [3.63, 3.8) is 0 Å². The van der Waals surface area contributed by atoms with E-state index < -0.39 is 0 Å². The van der Waals surface area contributed by atoms with Crippen molar-refractivity contribution in [1.29, 1.82) is 0 Å². The van der Waals surface area contributed by atoms with Crippen LogP contribution in [0.2, 0.25) is 0 Å². The maximum absolute atomic E-state index is 5.70. The second kappa shape index (κ2) is 8.08. The van der Waals surface area contributed by atoms with Gasteiger partial charge in [0.05, 0.1) is 0 Å². The van der Waals surface area contributed by atoms with Gasteiger partial charge in [-0.1, -0.05) is 34.6 Å². The van der Waals surface area contributed by atoms with Crippen molar-refractivity contribution in [2.75, 3.05) is 26.2 Å². The van der Waals surface area contributed by atoms with E-state index in [2.05, 4.69) is 39.5 Å². The zero-order valence-electron chi connectivity index (χ0n) is 12.1.